The number of alkyl halides is 3. The molecule has 5 heteroatoms. The highest BCUT2D eigenvalue weighted by Gasteiger charge is 2.48. The molecule has 0 aromatic heterocycles. The van der Waals surface area contributed by atoms with E-state index in [1.807, 2.05) is 0 Å². The summed E-state index contributed by atoms with van der Waals surface area (Å²) in [7, 11) is 0. The average Bonchev–Trinajstić information content (AvgIpc) is 2.98. The van der Waals surface area contributed by atoms with Crippen LogP contribution in [-0.4, -0.2) is 29.6 Å². The molecule has 0 radical (unpaired) electrons. The van der Waals surface area contributed by atoms with Gasteiger partial charge in [0.15, 0.2) is 0 Å². The molecule has 2 aliphatic rings. The Hall–Kier alpha value is -0.740. The molecule has 1 amide bonds. The van der Waals surface area contributed by atoms with Gasteiger partial charge in [-0.3, -0.25) is 4.79 Å². The third kappa shape index (κ3) is 2.26. The van der Waals surface area contributed by atoms with Crippen LogP contribution >= 0.6 is 0 Å². The molecule has 15 heavy (non-hydrogen) atoms. The Bertz CT molecular complexity index is 260. The number of piperidine rings is 1. The summed E-state index contributed by atoms with van der Waals surface area (Å²) in [4.78, 5) is 12.7. The molecule has 1 heterocycles. The Balaban J connectivity index is 2.08. The molecule has 1 saturated carbocycles. The predicted molar refractivity (Wildman–Crippen MR) is 48.1 cm³/mol. The van der Waals surface area contributed by atoms with E-state index in [9.17, 15) is 18.0 Å². The molecule has 0 N–H and O–H groups in total. The molecular weight excluding hydrogens is 207 g/mol. The second-order valence-electron chi connectivity index (χ2n) is 4.36. The van der Waals surface area contributed by atoms with E-state index in [1.165, 1.54) is 0 Å². The number of hydrogen-bond donors (Lipinski definition) is 0. The quantitative estimate of drug-likeness (QED) is 0.665. The average molecular weight is 221 g/mol. The van der Waals surface area contributed by atoms with Crippen molar-refractivity contribution >= 4 is 5.91 Å². The van der Waals surface area contributed by atoms with Crippen molar-refractivity contribution < 1.29 is 18.0 Å². The lowest BCUT2D eigenvalue weighted by atomic mass is 10.0. The summed E-state index contributed by atoms with van der Waals surface area (Å²) in [6, 6.07) is -1.53. The highest BCUT2D eigenvalue weighted by Crippen LogP contribution is 2.37. The van der Waals surface area contributed by atoms with Crippen molar-refractivity contribution in [1.29, 1.82) is 0 Å². The molecule has 86 valence electrons. The number of amides is 1. The molecule has 2 rings (SSSR count). The summed E-state index contributed by atoms with van der Waals surface area (Å²) in [5.41, 5.74) is 0. The monoisotopic (exact) mass is 221 g/mol. The zero-order chi connectivity index (χ0) is 11.1. The van der Waals surface area contributed by atoms with Gasteiger partial charge >= 0.3 is 6.18 Å². The second-order valence-corrected chi connectivity index (χ2v) is 4.36. The molecular formula is C10H14F3NO. The lowest BCUT2D eigenvalue weighted by Gasteiger charge is -2.36. The van der Waals surface area contributed by atoms with Gasteiger partial charge in [-0.1, -0.05) is 0 Å². The number of likely N-dealkylation sites (tertiary alicyclic amines) is 1. The fraction of sp³-hybridized carbons (Fsp3) is 0.900. The van der Waals surface area contributed by atoms with Gasteiger partial charge in [0.2, 0.25) is 5.91 Å². The largest absolute Gasteiger partial charge is 0.408 e. The van der Waals surface area contributed by atoms with Crippen LogP contribution in [0.15, 0.2) is 0 Å². The normalized spacial score (nSPS) is 27.9. The van der Waals surface area contributed by atoms with Crippen molar-refractivity contribution in [3.63, 3.8) is 0 Å². The van der Waals surface area contributed by atoms with Gasteiger partial charge in [-0.2, -0.15) is 13.2 Å². The van der Waals surface area contributed by atoms with Gasteiger partial charge in [0.25, 0.3) is 0 Å². The molecule has 0 aromatic carbocycles. The van der Waals surface area contributed by atoms with E-state index in [0.717, 1.165) is 17.7 Å². The fourth-order valence-corrected chi connectivity index (χ4v) is 2.10. The van der Waals surface area contributed by atoms with Crippen molar-refractivity contribution in [3.05, 3.63) is 0 Å². The predicted octanol–water partition coefficient (Wildman–Crippen LogP) is 2.34. The Morgan fingerprint density at radius 2 is 1.80 bits per heavy atom. The third-order valence-electron chi connectivity index (χ3n) is 3.09. The van der Waals surface area contributed by atoms with Gasteiger partial charge in [-0.05, 0) is 32.1 Å². The first kappa shape index (κ1) is 10.8. The first-order valence-corrected chi connectivity index (χ1v) is 5.37. The third-order valence-corrected chi connectivity index (χ3v) is 3.09. The van der Waals surface area contributed by atoms with Crippen molar-refractivity contribution in [2.24, 2.45) is 5.92 Å². The minimum absolute atomic E-state index is 0.0714. The van der Waals surface area contributed by atoms with Gasteiger partial charge in [0.1, 0.15) is 6.04 Å². The zero-order valence-corrected chi connectivity index (χ0v) is 8.39. The Morgan fingerprint density at radius 3 is 2.33 bits per heavy atom. The molecule has 2 nitrogen and oxygen atoms in total. The summed E-state index contributed by atoms with van der Waals surface area (Å²) in [6.07, 6.45) is -1.39. The van der Waals surface area contributed by atoms with Crippen LogP contribution < -0.4 is 0 Å². The summed E-state index contributed by atoms with van der Waals surface area (Å²) in [6.45, 7) is 0.277. The molecule has 1 saturated heterocycles. The summed E-state index contributed by atoms with van der Waals surface area (Å²) in [5.74, 6) is -0.398. The van der Waals surface area contributed by atoms with E-state index in [1.54, 1.807) is 0 Å². The fourth-order valence-electron chi connectivity index (χ4n) is 2.10. The summed E-state index contributed by atoms with van der Waals surface area (Å²) < 4.78 is 37.9. The number of carbonyl (C=O) groups excluding carboxylic acids is 1. The standard InChI is InChI=1S/C10H14F3NO/c11-10(12,13)8-3-1-2-6-14(8)9(15)7-4-5-7/h7-8H,1-6H2/t8-/m0/s1. The maximum absolute atomic E-state index is 12.6. The molecule has 0 bridgehead atoms. The van der Waals surface area contributed by atoms with Crippen molar-refractivity contribution in [2.45, 2.75) is 44.3 Å². The van der Waals surface area contributed by atoms with Crippen LogP contribution in [0, 0.1) is 5.92 Å². The molecule has 2 fully saturated rings. The minimum Gasteiger partial charge on any atom is -0.330 e. The first-order valence-electron chi connectivity index (χ1n) is 5.37. The van der Waals surface area contributed by atoms with E-state index in [4.69, 9.17) is 0 Å². The van der Waals surface area contributed by atoms with Crippen LogP contribution in [0.25, 0.3) is 0 Å². The Labute approximate surface area is 86.4 Å². The van der Waals surface area contributed by atoms with Gasteiger partial charge < -0.3 is 4.90 Å². The van der Waals surface area contributed by atoms with E-state index in [-0.39, 0.29) is 24.8 Å². The topological polar surface area (TPSA) is 20.3 Å². The molecule has 0 unspecified atom stereocenters. The number of halogens is 3. The van der Waals surface area contributed by atoms with Crippen LogP contribution in [0.3, 0.4) is 0 Å². The Kier molecular flexibility index (Phi) is 2.64. The lowest BCUT2D eigenvalue weighted by molar-refractivity contribution is -0.196. The van der Waals surface area contributed by atoms with E-state index in [2.05, 4.69) is 0 Å². The highest BCUT2D eigenvalue weighted by molar-refractivity contribution is 5.81. The number of nitrogens with zero attached hydrogens (tertiary/aromatic N) is 1. The molecule has 1 aliphatic carbocycles. The van der Waals surface area contributed by atoms with Crippen LogP contribution in [-0.2, 0) is 4.79 Å². The summed E-state index contributed by atoms with van der Waals surface area (Å²) >= 11 is 0. The van der Waals surface area contributed by atoms with Crippen LogP contribution in [0.4, 0.5) is 13.2 Å². The van der Waals surface area contributed by atoms with E-state index < -0.39 is 12.2 Å². The zero-order valence-electron chi connectivity index (χ0n) is 8.39. The second kappa shape index (κ2) is 3.68. The van der Waals surface area contributed by atoms with Gasteiger partial charge in [0.05, 0.1) is 0 Å². The smallest absolute Gasteiger partial charge is 0.330 e. The van der Waals surface area contributed by atoms with Crippen molar-refractivity contribution in [2.75, 3.05) is 6.54 Å². The van der Waals surface area contributed by atoms with Gasteiger partial charge in [-0.15, -0.1) is 0 Å². The van der Waals surface area contributed by atoms with Crippen LogP contribution in [0.5, 0.6) is 0 Å². The molecule has 1 aliphatic heterocycles. The lowest BCUT2D eigenvalue weighted by Crippen LogP contribution is -2.51. The SMILES string of the molecule is O=C(C1CC1)N1CCCC[C@H]1C(F)(F)F. The van der Waals surface area contributed by atoms with Crippen molar-refractivity contribution in [3.8, 4) is 0 Å². The molecule has 0 spiro atoms. The molecule has 1 atom stereocenters. The Morgan fingerprint density at radius 1 is 1.13 bits per heavy atom. The summed E-state index contributed by atoms with van der Waals surface area (Å²) in [5, 5.41) is 0. The first-order chi connectivity index (χ1) is 7.00. The number of rotatable bonds is 1. The molecule has 0 aromatic rings. The van der Waals surface area contributed by atoms with Gasteiger partial charge in [-0.25, -0.2) is 0 Å². The maximum atomic E-state index is 12.6. The number of hydrogen-bond acceptors (Lipinski definition) is 1. The number of carbonyl (C=O) groups is 1. The van der Waals surface area contributed by atoms with Gasteiger partial charge in [0, 0.05) is 12.5 Å². The van der Waals surface area contributed by atoms with E-state index in [0.29, 0.717) is 12.8 Å². The highest BCUT2D eigenvalue weighted by atomic mass is 19.4. The maximum Gasteiger partial charge on any atom is 0.408 e. The minimum atomic E-state index is -4.26. The van der Waals surface area contributed by atoms with E-state index >= 15 is 0 Å². The van der Waals surface area contributed by atoms with Crippen LogP contribution in [0.2, 0.25) is 0 Å². The van der Waals surface area contributed by atoms with Crippen LogP contribution in [0.1, 0.15) is 32.1 Å². The van der Waals surface area contributed by atoms with Crippen molar-refractivity contribution in [1.82, 2.24) is 4.90 Å².